The normalized spacial score (nSPS) is 10.8. The van der Waals surface area contributed by atoms with Crippen LogP contribution in [0.15, 0.2) is 78.2 Å². The van der Waals surface area contributed by atoms with E-state index in [-0.39, 0.29) is 11.4 Å². The van der Waals surface area contributed by atoms with Crippen LogP contribution in [0, 0.1) is 11.6 Å². The van der Waals surface area contributed by atoms with Gasteiger partial charge in [0.2, 0.25) is 11.1 Å². The maximum absolute atomic E-state index is 13.7. The molecule has 6 nitrogen and oxygen atoms in total. The van der Waals surface area contributed by atoms with Gasteiger partial charge in [0.1, 0.15) is 11.6 Å². The Labute approximate surface area is 169 Å². The highest BCUT2D eigenvalue weighted by Crippen LogP contribution is 2.24. The zero-order chi connectivity index (χ0) is 20.2. The van der Waals surface area contributed by atoms with Crippen molar-refractivity contribution in [3.05, 3.63) is 84.7 Å². The lowest BCUT2D eigenvalue weighted by Crippen LogP contribution is -2.16. The molecule has 0 bridgehead atoms. The smallest absolute Gasteiger partial charge is 0.234 e. The molecule has 0 saturated heterocycles. The molecule has 2 aromatic heterocycles. The number of carbonyl (C=O) groups is 1. The van der Waals surface area contributed by atoms with Crippen molar-refractivity contribution in [1.29, 1.82) is 0 Å². The molecule has 0 aliphatic heterocycles. The van der Waals surface area contributed by atoms with Crippen molar-refractivity contribution in [3.63, 3.8) is 0 Å². The van der Waals surface area contributed by atoms with Gasteiger partial charge in [-0.05, 0) is 24.3 Å². The van der Waals surface area contributed by atoms with Crippen LogP contribution >= 0.6 is 11.8 Å². The fourth-order valence-corrected chi connectivity index (χ4v) is 3.43. The van der Waals surface area contributed by atoms with Crippen LogP contribution < -0.4 is 5.32 Å². The number of anilines is 1. The van der Waals surface area contributed by atoms with Gasteiger partial charge in [-0.2, -0.15) is 0 Å². The Balaban J connectivity index is 1.54. The molecule has 2 heterocycles. The lowest BCUT2D eigenvalue weighted by atomic mass is 10.2. The van der Waals surface area contributed by atoms with Gasteiger partial charge >= 0.3 is 0 Å². The van der Waals surface area contributed by atoms with Crippen molar-refractivity contribution in [2.45, 2.75) is 5.16 Å². The third kappa shape index (κ3) is 4.19. The Hall–Kier alpha value is -3.46. The molecule has 2 aromatic carbocycles. The molecule has 0 radical (unpaired) electrons. The summed E-state index contributed by atoms with van der Waals surface area (Å²) < 4.78 is 30.3. The Kier molecular flexibility index (Phi) is 5.39. The molecule has 0 atom stereocenters. The van der Waals surface area contributed by atoms with E-state index in [1.54, 1.807) is 4.68 Å². The molecule has 0 aliphatic rings. The molecule has 4 rings (SSSR count). The van der Waals surface area contributed by atoms with Gasteiger partial charge in [0.05, 0.1) is 11.4 Å². The van der Waals surface area contributed by atoms with Gasteiger partial charge in [-0.1, -0.05) is 42.1 Å². The van der Waals surface area contributed by atoms with E-state index in [9.17, 15) is 13.6 Å². The number of thioether (sulfide) groups is 1. The van der Waals surface area contributed by atoms with Crippen LogP contribution in [0.5, 0.6) is 0 Å². The summed E-state index contributed by atoms with van der Waals surface area (Å²) in [6.45, 7) is 0. The van der Waals surface area contributed by atoms with E-state index in [1.807, 2.05) is 59.5 Å². The van der Waals surface area contributed by atoms with Crippen LogP contribution in [0.1, 0.15) is 0 Å². The molecule has 146 valence electrons. The lowest BCUT2D eigenvalue weighted by molar-refractivity contribution is -0.113. The first kappa shape index (κ1) is 18.9. The minimum atomic E-state index is -0.828. The SMILES string of the molecule is O=C(CSc1nnc(-c2ccccc2)n1-n1cccc1)Nc1ccc(F)cc1F. The monoisotopic (exact) mass is 411 g/mol. The molecule has 0 saturated carbocycles. The molecular weight excluding hydrogens is 396 g/mol. The van der Waals surface area contributed by atoms with E-state index in [0.29, 0.717) is 11.0 Å². The highest BCUT2D eigenvalue weighted by molar-refractivity contribution is 7.99. The topological polar surface area (TPSA) is 64.7 Å². The summed E-state index contributed by atoms with van der Waals surface area (Å²) in [4.78, 5) is 12.2. The first-order valence-electron chi connectivity index (χ1n) is 8.64. The summed E-state index contributed by atoms with van der Waals surface area (Å²) in [5, 5.41) is 11.4. The van der Waals surface area contributed by atoms with Gasteiger partial charge in [0.15, 0.2) is 5.82 Å². The maximum Gasteiger partial charge on any atom is 0.234 e. The van der Waals surface area contributed by atoms with Gasteiger partial charge in [0, 0.05) is 24.0 Å². The number of nitrogens with zero attached hydrogens (tertiary/aromatic N) is 4. The van der Waals surface area contributed by atoms with Crippen molar-refractivity contribution in [3.8, 4) is 11.4 Å². The lowest BCUT2D eigenvalue weighted by Gasteiger charge is -2.11. The Morgan fingerprint density at radius 2 is 1.76 bits per heavy atom. The first-order chi connectivity index (χ1) is 14.1. The molecule has 0 fully saturated rings. The van der Waals surface area contributed by atoms with Gasteiger partial charge in [0.25, 0.3) is 0 Å². The van der Waals surface area contributed by atoms with E-state index in [0.717, 1.165) is 29.5 Å². The summed E-state index contributed by atoms with van der Waals surface area (Å²) >= 11 is 1.16. The summed E-state index contributed by atoms with van der Waals surface area (Å²) in [5.41, 5.74) is 0.798. The number of hydrogen-bond donors (Lipinski definition) is 1. The van der Waals surface area contributed by atoms with E-state index in [4.69, 9.17) is 0 Å². The van der Waals surface area contributed by atoms with Crippen molar-refractivity contribution in [2.75, 3.05) is 11.1 Å². The molecule has 0 aliphatic carbocycles. The van der Waals surface area contributed by atoms with Crippen LogP contribution in [0.3, 0.4) is 0 Å². The zero-order valence-corrected chi connectivity index (χ0v) is 15.8. The highest BCUT2D eigenvalue weighted by atomic mass is 32.2. The predicted molar refractivity (Wildman–Crippen MR) is 106 cm³/mol. The van der Waals surface area contributed by atoms with Crippen molar-refractivity contribution >= 4 is 23.4 Å². The molecule has 4 aromatic rings. The van der Waals surface area contributed by atoms with E-state index in [1.165, 1.54) is 6.07 Å². The van der Waals surface area contributed by atoms with Gasteiger partial charge in [-0.3, -0.25) is 9.47 Å². The van der Waals surface area contributed by atoms with Crippen LogP contribution in [0.25, 0.3) is 11.4 Å². The Morgan fingerprint density at radius 3 is 2.48 bits per heavy atom. The van der Waals surface area contributed by atoms with Gasteiger partial charge in [-0.25, -0.2) is 13.5 Å². The second-order valence-electron chi connectivity index (χ2n) is 6.01. The minimum Gasteiger partial charge on any atom is -0.323 e. The summed E-state index contributed by atoms with van der Waals surface area (Å²) in [7, 11) is 0. The number of benzene rings is 2. The number of aromatic nitrogens is 4. The van der Waals surface area contributed by atoms with E-state index >= 15 is 0 Å². The second kappa shape index (κ2) is 8.27. The summed E-state index contributed by atoms with van der Waals surface area (Å²) in [5.74, 6) is -1.38. The molecule has 9 heteroatoms. The third-order valence-electron chi connectivity index (χ3n) is 4.00. The summed E-state index contributed by atoms with van der Waals surface area (Å²) in [6, 6.07) is 16.3. The van der Waals surface area contributed by atoms with Crippen molar-refractivity contribution in [1.82, 2.24) is 19.5 Å². The number of hydrogen-bond acceptors (Lipinski definition) is 4. The van der Waals surface area contributed by atoms with Crippen LogP contribution in [-0.4, -0.2) is 31.2 Å². The zero-order valence-electron chi connectivity index (χ0n) is 15.0. The number of amides is 1. The van der Waals surface area contributed by atoms with Crippen molar-refractivity contribution in [2.24, 2.45) is 0 Å². The Morgan fingerprint density at radius 1 is 1.00 bits per heavy atom. The van der Waals surface area contributed by atoms with Gasteiger partial charge < -0.3 is 5.32 Å². The highest BCUT2D eigenvalue weighted by Gasteiger charge is 2.17. The van der Waals surface area contributed by atoms with Crippen molar-refractivity contribution < 1.29 is 13.6 Å². The minimum absolute atomic E-state index is 0.0228. The first-order valence-corrected chi connectivity index (χ1v) is 9.62. The summed E-state index contributed by atoms with van der Waals surface area (Å²) in [6.07, 6.45) is 3.68. The molecular formula is C20H15F2N5OS. The maximum atomic E-state index is 13.7. The molecule has 29 heavy (non-hydrogen) atoms. The molecule has 1 amide bonds. The van der Waals surface area contributed by atoms with Crippen LogP contribution in [0.4, 0.5) is 14.5 Å². The average molecular weight is 411 g/mol. The van der Waals surface area contributed by atoms with Crippen LogP contribution in [0.2, 0.25) is 0 Å². The molecule has 0 unspecified atom stereocenters. The molecule has 1 N–H and O–H groups in total. The third-order valence-corrected chi connectivity index (χ3v) is 4.92. The molecule has 0 spiro atoms. The van der Waals surface area contributed by atoms with E-state index in [2.05, 4.69) is 15.5 Å². The average Bonchev–Trinajstić information content (AvgIpc) is 3.38. The second-order valence-corrected chi connectivity index (χ2v) is 6.95. The fourth-order valence-electron chi connectivity index (χ4n) is 2.70. The standard InChI is InChI=1S/C20H15F2N5OS/c21-15-8-9-17(16(22)12-15)23-18(28)13-29-20-25-24-19(14-6-2-1-3-7-14)27(20)26-10-4-5-11-26/h1-12H,13H2,(H,23,28). The number of nitrogens with one attached hydrogen (secondary N) is 1. The van der Waals surface area contributed by atoms with Crippen LogP contribution in [-0.2, 0) is 4.79 Å². The quantitative estimate of drug-likeness (QED) is 0.486. The predicted octanol–water partition coefficient (Wildman–Crippen LogP) is 4.07. The number of halogens is 2. The van der Waals surface area contributed by atoms with E-state index < -0.39 is 17.5 Å². The fraction of sp³-hybridized carbons (Fsp3) is 0.0500. The Bertz CT molecular complexity index is 1130. The largest absolute Gasteiger partial charge is 0.323 e. The van der Waals surface area contributed by atoms with Gasteiger partial charge in [-0.15, -0.1) is 10.2 Å². The number of rotatable bonds is 6. The number of carbonyl (C=O) groups excluding carboxylic acids is 1.